The smallest absolute Gasteiger partial charge is 0.163 e. The van der Waals surface area contributed by atoms with Crippen LogP contribution in [0.4, 0.5) is 0 Å². The van der Waals surface area contributed by atoms with E-state index < -0.39 is 0 Å². The fourth-order valence-corrected chi connectivity index (χ4v) is 2.62. The zero-order valence-electron chi connectivity index (χ0n) is 11.3. The van der Waals surface area contributed by atoms with Gasteiger partial charge in [0.25, 0.3) is 0 Å². The van der Waals surface area contributed by atoms with Crippen LogP contribution in [0.1, 0.15) is 41.7 Å². The van der Waals surface area contributed by atoms with Crippen LogP contribution >= 0.6 is 0 Å². The van der Waals surface area contributed by atoms with Crippen molar-refractivity contribution >= 4 is 11.3 Å². The lowest BCUT2D eigenvalue weighted by Crippen LogP contribution is -2.38. The number of hydrogen-bond acceptors (Lipinski definition) is 4. The lowest BCUT2D eigenvalue weighted by molar-refractivity contribution is -0.0801. The molecule has 2 aromatic heterocycles. The van der Waals surface area contributed by atoms with Gasteiger partial charge in [0, 0.05) is 5.92 Å². The minimum Gasteiger partial charge on any atom is -0.484 e. The molecule has 1 saturated heterocycles. The minimum atomic E-state index is 0.0443. The highest BCUT2D eigenvalue weighted by Gasteiger charge is 2.32. The summed E-state index contributed by atoms with van der Waals surface area (Å²) in [6.45, 7) is 2.88. The average Bonchev–Trinajstić information content (AvgIpc) is 3.11. The van der Waals surface area contributed by atoms with E-state index in [4.69, 9.17) is 9.47 Å². The van der Waals surface area contributed by atoms with Gasteiger partial charge in [-0.25, -0.2) is 4.52 Å². The molecule has 0 amide bonds. The van der Waals surface area contributed by atoms with Crippen molar-refractivity contribution in [3.63, 3.8) is 0 Å². The Kier molecular flexibility index (Phi) is 2.57. The largest absolute Gasteiger partial charge is 0.484 e. The van der Waals surface area contributed by atoms with Crippen molar-refractivity contribution in [3.8, 4) is 5.75 Å². The number of ketones is 1. The van der Waals surface area contributed by atoms with E-state index in [1.54, 1.807) is 13.1 Å². The number of aromatic nitrogens is 2. The molecule has 3 heterocycles. The zero-order valence-corrected chi connectivity index (χ0v) is 11.3. The third kappa shape index (κ3) is 1.81. The molecule has 5 heteroatoms. The van der Waals surface area contributed by atoms with Gasteiger partial charge in [0.15, 0.2) is 5.78 Å². The normalized spacial score (nSPS) is 19.1. The van der Waals surface area contributed by atoms with Crippen LogP contribution in [0.5, 0.6) is 5.75 Å². The van der Waals surface area contributed by atoms with E-state index >= 15 is 0 Å². The van der Waals surface area contributed by atoms with E-state index in [9.17, 15) is 4.79 Å². The van der Waals surface area contributed by atoms with Crippen LogP contribution in [0, 0.1) is 0 Å². The van der Waals surface area contributed by atoms with Gasteiger partial charge in [-0.05, 0) is 31.9 Å². The summed E-state index contributed by atoms with van der Waals surface area (Å²) in [5.74, 6) is 1.42. The third-order valence-electron chi connectivity index (χ3n) is 3.92. The van der Waals surface area contributed by atoms with Gasteiger partial charge in [0.1, 0.15) is 11.9 Å². The first kappa shape index (κ1) is 11.9. The van der Waals surface area contributed by atoms with E-state index in [1.165, 1.54) is 0 Å². The average molecular weight is 272 g/mol. The van der Waals surface area contributed by atoms with E-state index in [0.717, 1.165) is 29.8 Å². The van der Waals surface area contributed by atoms with Crippen molar-refractivity contribution in [1.82, 2.24) is 9.61 Å². The predicted molar refractivity (Wildman–Crippen MR) is 72.4 cm³/mol. The summed E-state index contributed by atoms with van der Waals surface area (Å²) < 4.78 is 13.0. The molecule has 20 heavy (non-hydrogen) atoms. The highest BCUT2D eigenvalue weighted by Crippen LogP contribution is 2.45. The van der Waals surface area contributed by atoms with Gasteiger partial charge in [-0.1, -0.05) is 0 Å². The number of carbonyl (C=O) groups excluding carboxylic acids is 1. The second-order valence-corrected chi connectivity index (χ2v) is 5.55. The van der Waals surface area contributed by atoms with Crippen LogP contribution in [-0.4, -0.2) is 34.7 Å². The Balaban J connectivity index is 1.83. The maximum Gasteiger partial charge on any atom is 0.163 e. The lowest BCUT2D eigenvalue weighted by Gasteiger charge is -2.27. The van der Waals surface area contributed by atoms with Gasteiger partial charge in [-0.3, -0.25) is 4.79 Å². The second kappa shape index (κ2) is 4.31. The minimum absolute atomic E-state index is 0.0443. The molecule has 0 unspecified atom stereocenters. The number of pyridine rings is 1. The number of carbonyl (C=O) groups is 1. The van der Waals surface area contributed by atoms with Crippen molar-refractivity contribution in [2.75, 3.05) is 13.2 Å². The molecule has 1 aliphatic heterocycles. The van der Waals surface area contributed by atoms with Gasteiger partial charge >= 0.3 is 0 Å². The van der Waals surface area contributed by atoms with Gasteiger partial charge in [0.2, 0.25) is 0 Å². The van der Waals surface area contributed by atoms with Crippen LogP contribution in [0.15, 0.2) is 18.3 Å². The first-order valence-electron chi connectivity index (χ1n) is 7.00. The molecule has 0 bridgehead atoms. The molecule has 0 radical (unpaired) electrons. The summed E-state index contributed by atoms with van der Waals surface area (Å²) >= 11 is 0. The van der Waals surface area contributed by atoms with E-state index in [2.05, 4.69) is 5.10 Å². The number of fused-ring (bicyclic) bond motifs is 1. The molecule has 0 N–H and O–H groups in total. The topological polar surface area (TPSA) is 52.8 Å². The molecule has 0 atom stereocenters. The van der Waals surface area contributed by atoms with E-state index in [-0.39, 0.29) is 11.9 Å². The van der Waals surface area contributed by atoms with Gasteiger partial charge in [-0.2, -0.15) is 5.10 Å². The van der Waals surface area contributed by atoms with Crippen LogP contribution in [0.25, 0.3) is 5.52 Å². The molecule has 2 fully saturated rings. The SMILES string of the molecule is CC(=O)c1cnn2c(C3CC3)c(OC3COC3)ccc12. The quantitative estimate of drug-likeness (QED) is 0.801. The van der Waals surface area contributed by atoms with Crippen molar-refractivity contribution in [3.05, 3.63) is 29.6 Å². The Labute approximate surface area is 116 Å². The maximum absolute atomic E-state index is 11.6. The standard InChI is InChI=1S/C15H16N2O3/c1-9(18)12-6-16-17-13(12)4-5-14(15(17)10-2-3-10)20-11-7-19-8-11/h4-6,10-11H,2-3,7-8H2,1H3. The van der Waals surface area contributed by atoms with Crippen LogP contribution in [-0.2, 0) is 4.74 Å². The summed E-state index contributed by atoms with van der Waals surface area (Å²) in [6, 6.07) is 3.89. The molecule has 4 rings (SSSR count). The zero-order chi connectivity index (χ0) is 13.7. The molecule has 2 aromatic rings. The van der Waals surface area contributed by atoms with Crippen LogP contribution < -0.4 is 4.74 Å². The molecular weight excluding hydrogens is 256 g/mol. The molecule has 5 nitrogen and oxygen atoms in total. The lowest BCUT2D eigenvalue weighted by atomic mass is 10.1. The number of Topliss-reactive ketones (excluding diaryl/α,β-unsaturated/α-hetero) is 1. The number of ether oxygens (including phenoxy) is 2. The molecule has 0 aromatic carbocycles. The summed E-state index contributed by atoms with van der Waals surface area (Å²) in [7, 11) is 0. The van der Waals surface area contributed by atoms with Crippen molar-refractivity contribution in [1.29, 1.82) is 0 Å². The summed E-state index contributed by atoms with van der Waals surface area (Å²) in [6.07, 6.45) is 4.12. The Bertz CT molecular complexity index is 684. The highest BCUT2D eigenvalue weighted by atomic mass is 16.6. The molecule has 104 valence electrons. The Morgan fingerprint density at radius 3 is 2.80 bits per heavy atom. The fraction of sp³-hybridized carbons (Fsp3) is 0.467. The van der Waals surface area contributed by atoms with Gasteiger partial charge in [-0.15, -0.1) is 0 Å². The number of hydrogen-bond donors (Lipinski definition) is 0. The third-order valence-corrected chi connectivity index (χ3v) is 3.92. The van der Waals surface area contributed by atoms with E-state index in [1.807, 2.05) is 16.6 Å². The molecule has 1 aliphatic carbocycles. The Morgan fingerprint density at radius 2 is 2.20 bits per heavy atom. The molecule has 1 saturated carbocycles. The maximum atomic E-state index is 11.6. The first-order chi connectivity index (χ1) is 9.74. The van der Waals surface area contributed by atoms with Crippen molar-refractivity contribution < 1.29 is 14.3 Å². The second-order valence-electron chi connectivity index (χ2n) is 5.55. The summed E-state index contributed by atoms with van der Waals surface area (Å²) in [5, 5.41) is 4.40. The van der Waals surface area contributed by atoms with Crippen LogP contribution in [0.2, 0.25) is 0 Å². The number of rotatable bonds is 4. The van der Waals surface area contributed by atoms with Gasteiger partial charge in [0.05, 0.1) is 36.2 Å². The van der Waals surface area contributed by atoms with Crippen molar-refractivity contribution in [2.24, 2.45) is 0 Å². The molecule has 2 aliphatic rings. The first-order valence-corrected chi connectivity index (χ1v) is 7.00. The predicted octanol–water partition coefficient (Wildman–Crippen LogP) is 2.19. The molecular formula is C15H16N2O3. The Morgan fingerprint density at radius 1 is 1.40 bits per heavy atom. The number of nitrogens with zero attached hydrogens (tertiary/aromatic N) is 2. The van der Waals surface area contributed by atoms with Gasteiger partial charge < -0.3 is 9.47 Å². The van der Waals surface area contributed by atoms with Crippen molar-refractivity contribution in [2.45, 2.75) is 31.8 Å². The fourth-order valence-electron chi connectivity index (χ4n) is 2.62. The van der Waals surface area contributed by atoms with Crippen LogP contribution in [0.3, 0.4) is 0 Å². The van der Waals surface area contributed by atoms with E-state index in [0.29, 0.717) is 24.7 Å². The molecule has 0 spiro atoms. The Hall–Kier alpha value is -1.88. The summed E-state index contributed by atoms with van der Waals surface area (Å²) in [4.78, 5) is 11.6. The monoisotopic (exact) mass is 272 g/mol. The highest BCUT2D eigenvalue weighted by molar-refractivity contribution is 6.00. The summed E-state index contributed by atoms with van der Waals surface area (Å²) in [5.41, 5.74) is 2.64.